The number of hydrogen-bond donors (Lipinski definition) is 2. The van der Waals surface area contributed by atoms with Gasteiger partial charge < -0.3 is 10.4 Å². The summed E-state index contributed by atoms with van der Waals surface area (Å²) in [5.74, 6) is 0. The molecule has 16 heavy (non-hydrogen) atoms. The third-order valence-corrected chi connectivity index (χ3v) is 2.30. The maximum Gasteiger partial charge on any atom is 0.401 e. The molecule has 0 aliphatic carbocycles. The van der Waals surface area contributed by atoms with Crippen LogP contribution in [-0.4, -0.2) is 55.0 Å². The minimum absolute atomic E-state index is 0.0127. The molecule has 0 amide bonds. The van der Waals surface area contributed by atoms with Crippen LogP contribution in [-0.2, 0) is 0 Å². The number of nitrogens with zero attached hydrogens (tertiary/aromatic N) is 1. The highest BCUT2D eigenvalue weighted by Gasteiger charge is 2.30. The van der Waals surface area contributed by atoms with E-state index in [1.54, 1.807) is 6.92 Å². The van der Waals surface area contributed by atoms with Crippen molar-refractivity contribution in [1.29, 1.82) is 0 Å². The van der Waals surface area contributed by atoms with E-state index in [4.69, 9.17) is 5.11 Å². The standard InChI is InChI=1S/C10H21F3N2O/c1-3-14-9(5-6-16)7-15(4-2)8-10(11,12)13/h9,14,16H,3-8H2,1-2H3. The number of alkyl halides is 3. The van der Waals surface area contributed by atoms with Crippen molar-refractivity contribution in [2.24, 2.45) is 0 Å². The summed E-state index contributed by atoms with van der Waals surface area (Å²) in [5, 5.41) is 11.9. The summed E-state index contributed by atoms with van der Waals surface area (Å²) in [6, 6.07) is -0.0858. The molecule has 0 aromatic carbocycles. The van der Waals surface area contributed by atoms with Crippen LogP contribution in [0.4, 0.5) is 13.2 Å². The molecule has 6 heteroatoms. The molecular formula is C10H21F3N2O. The summed E-state index contributed by atoms with van der Waals surface area (Å²) in [6.07, 6.45) is -3.69. The molecule has 0 aliphatic heterocycles. The Morgan fingerprint density at radius 1 is 1.31 bits per heavy atom. The van der Waals surface area contributed by atoms with Crippen LogP contribution < -0.4 is 5.32 Å². The third kappa shape index (κ3) is 7.90. The van der Waals surface area contributed by atoms with E-state index in [1.807, 2.05) is 6.92 Å². The van der Waals surface area contributed by atoms with Gasteiger partial charge in [-0.3, -0.25) is 4.90 Å². The Hall–Kier alpha value is -0.330. The fourth-order valence-electron chi connectivity index (χ4n) is 1.57. The van der Waals surface area contributed by atoms with Crippen molar-refractivity contribution in [2.75, 3.05) is 32.8 Å². The maximum absolute atomic E-state index is 12.2. The lowest BCUT2D eigenvalue weighted by Crippen LogP contribution is -2.44. The van der Waals surface area contributed by atoms with Crippen molar-refractivity contribution in [1.82, 2.24) is 10.2 Å². The Bertz CT molecular complexity index is 170. The number of halogens is 3. The summed E-state index contributed by atoms with van der Waals surface area (Å²) in [4.78, 5) is 1.34. The van der Waals surface area contributed by atoms with Gasteiger partial charge in [0.2, 0.25) is 0 Å². The molecule has 0 aromatic rings. The molecule has 1 atom stereocenters. The molecule has 0 fully saturated rings. The largest absolute Gasteiger partial charge is 0.401 e. The van der Waals surface area contributed by atoms with E-state index in [9.17, 15) is 13.2 Å². The van der Waals surface area contributed by atoms with Gasteiger partial charge in [0, 0.05) is 19.2 Å². The summed E-state index contributed by atoms with van der Waals surface area (Å²) < 4.78 is 36.6. The highest BCUT2D eigenvalue weighted by atomic mass is 19.4. The second-order valence-electron chi connectivity index (χ2n) is 3.71. The number of aliphatic hydroxyl groups is 1. The highest BCUT2D eigenvalue weighted by molar-refractivity contribution is 4.72. The van der Waals surface area contributed by atoms with Crippen molar-refractivity contribution in [2.45, 2.75) is 32.5 Å². The fraction of sp³-hybridized carbons (Fsp3) is 1.00. The molecule has 0 spiro atoms. The summed E-state index contributed by atoms with van der Waals surface area (Å²) in [5.41, 5.74) is 0. The first-order valence-corrected chi connectivity index (χ1v) is 5.56. The van der Waals surface area contributed by atoms with Gasteiger partial charge in [0.25, 0.3) is 0 Å². The molecule has 0 saturated heterocycles. The van der Waals surface area contributed by atoms with Crippen LogP contribution in [0.2, 0.25) is 0 Å². The number of rotatable bonds is 8. The topological polar surface area (TPSA) is 35.5 Å². The summed E-state index contributed by atoms with van der Waals surface area (Å²) in [7, 11) is 0. The molecule has 1 unspecified atom stereocenters. The van der Waals surface area contributed by atoms with E-state index in [2.05, 4.69) is 5.32 Å². The second kappa shape index (κ2) is 7.86. The Labute approximate surface area is 94.6 Å². The molecule has 3 nitrogen and oxygen atoms in total. The summed E-state index contributed by atoms with van der Waals surface area (Å²) >= 11 is 0. The monoisotopic (exact) mass is 242 g/mol. The Morgan fingerprint density at radius 2 is 1.94 bits per heavy atom. The maximum atomic E-state index is 12.2. The van der Waals surface area contributed by atoms with Crippen LogP contribution in [0.1, 0.15) is 20.3 Å². The van der Waals surface area contributed by atoms with Crippen molar-refractivity contribution in [3.8, 4) is 0 Å². The zero-order valence-corrected chi connectivity index (χ0v) is 9.85. The molecule has 0 aliphatic rings. The van der Waals surface area contributed by atoms with E-state index in [1.165, 1.54) is 4.90 Å². The summed E-state index contributed by atoms with van der Waals surface area (Å²) in [6.45, 7) is 4.04. The van der Waals surface area contributed by atoms with Crippen LogP contribution >= 0.6 is 0 Å². The normalized spacial score (nSPS) is 14.4. The van der Waals surface area contributed by atoms with Gasteiger partial charge in [-0.15, -0.1) is 0 Å². The molecule has 2 N–H and O–H groups in total. The molecule has 0 heterocycles. The lowest BCUT2D eigenvalue weighted by Gasteiger charge is -2.27. The fourth-order valence-corrected chi connectivity index (χ4v) is 1.57. The molecule has 0 aromatic heterocycles. The molecular weight excluding hydrogens is 221 g/mol. The number of aliphatic hydroxyl groups excluding tert-OH is 1. The average Bonchev–Trinajstić information content (AvgIpc) is 2.15. The minimum Gasteiger partial charge on any atom is -0.396 e. The van der Waals surface area contributed by atoms with E-state index in [0.29, 0.717) is 26.1 Å². The van der Waals surface area contributed by atoms with Gasteiger partial charge in [0.1, 0.15) is 0 Å². The van der Waals surface area contributed by atoms with Gasteiger partial charge >= 0.3 is 6.18 Å². The first kappa shape index (κ1) is 15.7. The third-order valence-electron chi connectivity index (χ3n) is 2.30. The zero-order chi connectivity index (χ0) is 12.6. The van der Waals surface area contributed by atoms with Crippen LogP contribution in [0.3, 0.4) is 0 Å². The van der Waals surface area contributed by atoms with Gasteiger partial charge in [-0.05, 0) is 19.5 Å². The molecule has 0 saturated carbocycles. The van der Waals surface area contributed by atoms with Crippen molar-refractivity contribution in [3.05, 3.63) is 0 Å². The number of nitrogens with one attached hydrogen (secondary N) is 1. The predicted molar refractivity (Wildman–Crippen MR) is 57.3 cm³/mol. The SMILES string of the molecule is CCNC(CCO)CN(CC)CC(F)(F)F. The van der Waals surface area contributed by atoms with Gasteiger partial charge in [-0.2, -0.15) is 13.2 Å². The van der Waals surface area contributed by atoms with Crippen LogP contribution in [0.25, 0.3) is 0 Å². The lowest BCUT2D eigenvalue weighted by molar-refractivity contribution is -0.146. The van der Waals surface area contributed by atoms with E-state index in [-0.39, 0.29) is 12.6 Å². The van der Waals surface area contributed by atoms with Gasteiger partial charge in [0.15, 0.2) is 0 Å². The Balaban J connectivity index is 4.14. The zero-order valence-electron chi connectivity index (χ0n) is 9.85. The molecule has 0 rings (SSSR count). The number of hydrogen-bond acceptors (Lipinski definition) is 3. The van der Waals surface area contributed by atoms with Crippen molar-refractivity contribution >= 4 is 0 Å². The quantitative estimate of drug-likeness (QED) is 0.672. The first-order valence-electron chi connectivity index (χ1n) is 5.56. The van der Waals surface area contributed by atoms with Gasteiger partial charge in [-0.25, -0.2) is 0 Å². The van der Waals surface area contributed by atoms with Crippen LogP contribution in [0.5, 0.6) is 0 Å². The van der Waals surface area contributed by atoms with E-state index >= 15 is 0 Å². The number of likely N-dealkylation sites (N-methyl/N-ethyl adjacent to an activating group) is 2. The van der Waals surface area contributed by atoms with Gasteiger partial charge in [0.05, 0.1) is 6.54 Å². The van der Waals surface area contributed by atoms with Gasteiger partial charge in [-0.1, -0.05) is 13.8 Å². The van der Waals surface area contributed by atoms with E-state index < -0.39 is 12.7 Å². The first-order chi connectivity index (χ1) is 7.42. The predicted octanol–water partition coefficient (Wildman–Crippen LogP) is 1.23. The van der Waals surface area contributed by atoms with Crippen LogP contribution in [0, 0.1) is 0 Å². The lowest BCUT2D eigenvalue weighted by atomic mass is 10.2. The second-order valence-corrected chi connectivity index (χ2v) is 3.71. The smallest absolute Gasteiger partial charge is 0.396 e. The molecule has 0 radical (unpaired) electrons. The highest BCUT2D eigenvalue weighted by Crippen LogP contribution is 2.16. The van der Waals surface area contributed by atoms with Crippen molar-refractivity contribution < 1.29 is 18.3 Å². The van der Waals surface area contributed by atoms with E-state index in [0.717, 1.165) is 0 Å². The Morgan fingerprint density at radius 3 is 2.31 bits per heavy atom. The molecule has 98 valence electrons. The average molecular weight is 242 g/mol. The minimum atomic E-state index is -4.16. The molecule has 0 bridgehead atoms. The Kier molecular flexibility index (Phi) is 7.70. The van der Waals surface area contributed by atoms with Crippen LogP contribution in [0.15, 0.2) is 0 Å². The van der Waals surface area contributed by atoms with Crippen molar-refractivity contribution in [3.63, 3.8) is 0 Å².